The highest BCUT2D eigenvalue weighted by Gasteiger charge is 2.33. The lowest BCUT2D eigenvalue weighted by atomic mass is 10.2. The van der Waals surface area contributed by atoms with Crippen molar-refractivity contribution in [2.45, 2.75) is 20.0 Å². The number of hydrogen-bond donors (Lipinski definition) is 0. The molecule has 4 rings (SSSR count). The summed E-state index contributed by atoms with van der Waals surface area (Å²) in [5, 5.41) is 11.3. The highest BCUT2D eigenvalue weighted by molar-refractivity contribution is 5.55. The van der Waals surface area contributed by atoms with Gasteiger partial charge in [-0.15, -0.1) is 10.2 Å². The SMILES string of the molecule is Cc1nc2ncnn2c(N2CCN(c3ccc(C(F)(F)F)nn3)CC2)c1C. The lowest BCUT2D eigenvalue weighted by Crippen LogP contribution is -2.47. The van der Waals surface area contributed by atoms with Gasteiger partial charge < -0.3 is 9.80 Å². The molecule has 0 saturated carbocycles. The average molecular weight is 378 g/mol. The Morgan fingerprint density at radius 2 is 1.67 bits per heavy atom. The first-order chi connectivity index (χ1) is 12.8. The largest absolute Gasteiger partial charge is 0.435 e. The summed E-state index contributed by atoms with van der Waals surface area (Å²) in [6, 6.07) is 2.33. The molecule has 0 spiro atoms. The van der Waals surface area contributed by atoms with E-state index in [2.05, 4.69) is 30.2 Å². The molecule has 0 bridgehead atoms. The van der Waals surface area contributed by atoms with Crippen LogP contribution in [0.5, 0.6) is 0 Å². The van der Waals surface area contributed by atoms with Gasteiger partial charge in [-0.3, -0.25) is 0 Å². The monoisotopic (exact) mass is 378 g/mol. The van der Waals surface area contributed by atoms with Crippen LogP contribution in [0.3, 0.4) is 0 Å². The zero-order chi connectivity index (χ0) is 19.2. The van der Waals surface area contributed by atoms with Crippen LogP contribution in [-0.4, -0.2) is 56.0 Å². The summed E-state index contributed by atoms with van der Waals surface area (Å²) < 4.78 is 39.6. The molecular formula is C16H17F3N8. The van der Waals surface area contributed by atoms with Crippen LogP contribution in [0.1, 0.15) is 17.0 Å². The van der Waals surface area contributed by atoms with Gasteiger partial charge in [-0.2, -0.15) is 27.8 Å². The number of halogens is 3. The Bertz CT molecular complexity index is 958. The highest BCUT2D eigenvalue weighted by atomic mass is 19.4. The van der Waals surface area contributed by atoms with Crippen LogP contribution in [0.25, 0.3) is 5.78 Å². The Morgan fingerprint density at radius 1 is 0.963 bits per heavy atom. The minimum absolute atomic E-state index is 0.441. The van der Waals surface area contributed by atoms with E-state index in [0.29, 0.717) is 37.8 Å². The Balaban J connectivity index is 1.53. The van der Waals surface area contributed by atoms with Crippen LogP contribution in [0, 0.1) is 13.8 Å². The molecule has 0 radical (unpaired) electrons. The number of hydrogen-bond acceptors (Lipinski definition) is 7. The quantitative estimate of drug-likeness (QED) is 0.674. The third-order valence-electron chi connectivity index (χ3n) is 4.72. The standard InChI is InChI=1S/C16H17F3N8/c1-10-11(2)22-15-20-9-21-27(15)14(10)26-7-5-25(6-8-26)13-4-3-12(23-24-13)16(17,18)19/h3-4,9H,5-8H2,1-2H3. The number of piperazine rings is 1. The molecule has 11 heteroatoms. The molecule has 142 valence electrons. The second kappa shape index (κ2) is 6.32. The topological polar surface area (TPSA) is 75.3 Å². The van der Waals surface area contributed by atoms with Gasteiger partial charge in [0.05, 0.1) is 0 Å². The van der Waals surface area contributed by atoms with Gasteiger partial charge in [0.2, 0.25) is 0 Å². The first kappa shape index (κ1) is 17.4. The van der Waals surface area contributed by atoms with Gasteiger partial charge in [0.15, 0.2) is 11.5 Å². The molecule has 0 atom stereocenters. The first-order valence-corrected chi connectivity index (χ1v) is 8.42. The molecule has 1 saturated heterocycles. The predicted molar refractivity (Wildman–Crippen MR) is 91.7 cm³/mol. The van der Waals surface area contributed by atoms with Crippen LogP contribution in [-0.2, 0) is 6.18 Å². The number of nitrogens with zero attached hydrogens (tertiary/aromatic N) is 8. The molecule has 0 N–H and O–H groups in total. The van der Waals surface area contributed by atoms with Crippen molar-refractivity contribution in [3.63, 3.8) is 0 Å². The fourth-order valence-electron chi connectivity index (χ4n) is 3.18. The van der Waals surface area contributed by atoms with Crippen LogP contribution in [0.4, 0.5) is 24.8 Å². The molecule has 8 nitrogen and oxygen atoms in total. The molecule has 0 unspecified atom stereocenters. The van der Waals surface area contributed by atoms with E-state index < -0.39 is 11.9 Å². The second-order valence-electron chi connectivity index (χ2n) is 6.37. The van der Waals surface area contributed by atoms with Gasteiger partial charge in [-0.1, -0.05) is 0 Å². The van der Waals surface area contributed by atoms with Crippen molar-refractivity contribution in [2.24, 2.45) is 0 Å². The van der Waals surface area contributed by atoms with Crippen molar-refractivity contribution in [3.8, 4) is 0 Å². The van der Waals surface area contributed by atoms with Crippen molar-refractivity contribution >= 4 is 17.4 Å². The maximum atomic E-state index is 12.6. The minimum atomic E-state index is -4.48. The average Bonchev–Trinajstić information content (AvgIpc) is 3.10. The third-order valence-corrected chi connectivity index (χ3v) is 4.72. The van der Waals surface area contributed by atoms with Gasteiger partial charge in [-0.25, -0.2) is 4.98 Å². The van der Waals surface area contributed by atoms with Crippen molar-refractivity contribution in [2.75, 3.05) is 36.0 Å². The van der Waals surface area contributed by atoms with Gasteiger partial charge in [0.1, 0.15) is 12.1 Å². The third kappa shape index (κ3) is 3.13. The van der Waals surface area contributed by atoms with Gasteiger partial charge in [0, 0.05) is 37.4 Å². The fourth-order valence-corrected chi connectivity index (χ4v) is 3.18. The highest BCUT2D eigenvalue weighted by Crippen LogP contribution is 2.28. The first-order valence-electron chi connectivity index (χ1n) is 8.42. The summed E-state index contributed by atoms with van der Waals surface area (Å²) in [7, 11) is 0. The molecule has 27 heavy (non-hydrogen) atoms. The zero-order valence-corrected chi connectivity index (χ0v) is 14.8. The normalized spacial score (nSPS) is 15.6. The number of aryl methyl sites for hydroxylation is 1. The van der Waals surface area contributed by atoms with E-state index in [1.165, 1.54) is 12.4 Å². The summed E-state index contributed by atoms with van der Waals surface area (Å²) in [6.45, 7) is 6.48. The lowest BCUT2D eigenvalue weighted by molar-refractivity contribution is -0.141. The van der Waals surface area contributed by atoms with Crippen molar-refractivity contribution in [3.05, 3.63) is 35.4 Å². The van der Waals surface area contributed by atoms with E-state index in [4.69, 9.17) is 0 Å². The van der Waals surface area contributed by atoms with Crippen LogP contribution in [0.15, 0.2) is 18.5 Å². The maximum absolute atomic E-state index is 12.6. The Morgan fingerprint density at radius 3 is 2.30 bits per heavy atom. The zero-order valence-electron chi connectivity index (χ0n) is 14.8. The molecule has 3 aromatic heterocycles. The summed E-state index contributed by atoms with van der Waals surface area (Å²) in [4.78, 5) is 12.7. The minimum Gasteiger partial charge on any atom is -0.353 e. The number of aromatic nitrogens is 6. The summed E-state index contributed by atoms with van der Waals surface area (Å²) in [5.41, 5.74) is 0.929. The van der Waals surface area contributed by atoms with Crippen molar-refractivity contribution < 1.29 is 13.2 Å². The molecule has 4 heterocycles. The van der Waals surface area contributed by atoms with Crippen molar-refractivity contribution in [1.29, 1.82) is 0 Å². The number of alkyl halides is 3. The maximum Gasteiger partial charge on any atom is 0.435 e. The van der Waals surface area contributed by atoms with E-state index in [-0.39, 0.29) is 0 Å². The summed E-state index contributed by atoms with van der Waals surface area (Å²) in [6.07, 6.45) is -3.01. The van der Waals surface area contributed by atoms with Gasteiger partial charge >= 0.3 is 6.18 Å². The Kier molecular flexibility index (Phi) is 4.08. The smallest absolute Gasteiger partial charge is 0.353 e. The van der Waals surface area contributed by atoms with E-state index in [1.807, 2.05) is 18.7 Å². The predicted octanol–water partition coefficient (Wildman–Crippen LogP) is 1.88. The molecular weight excluding hydrogens is 361 g/mol. The lowest BCUT2D eigenvalue weighted by Gasteiger charge is -2.37. The summed E-state index contributed by atoms with van der Waals surface area (Å²) >= 11 is 0. The molecule has 1 aliphatic rings. The number of fused-ring (bicyclic) bond motifs is 1. The van der Waals surface area contributed by atoms with E-state index >= 15 is 0 Å². The Labute approximate surface area is 152 Å². The molecule has 1 fully saturated rings. The van der Waals surface area contributed by atoms with Gasteiger partial charge in [0.25, 0.3) is 5.78 Å². The summed E-state index contributed by atoms with van der Waals surface area (Å²) in [5.74, 6) is 1.92. The van der Waals surface area contributed by atoms with Crippen LogP contribution >= 0.6 is 0 Å². The molecule has 3 aromatic rings. The number of anilines is 2. The van der Waals surface area contributed by atoms with Crippen LogP contribution < -0.4 is 9.80 Å². The van der Waals surface area contributed by atoms with E-state index in [1.54, 1.807) is 4.52 Å². The van der Waals surface area contributed by atoms with Crippen LogP contribution in [0.2, 0.25) is 0 Å². The number of rotatable bonds is 2. The molecule has 0 aromatic carbocycles. The second-order valence-corrected chi connectivity index (χ2v) is 6.37. The Hall–Kier alpha value is -2.98. The van der Waals surface area contributed by atoms with Crippen molar-refractivity contribution in [1.82, 2.24) is 29.8 Å². The molecule has 0 aliphatic carbocycles. The van der Waals surface area contributed by atoms with E-state index in [0.717, 1.165) is 23.1 Å². The van der Waals surface area contributed by atoms with E-state index in [9.17, 15) is 13.2 Å². The molecule has 0 amide bonds. The fraction of sp³-hybridized carbons (Fsp3) is 0.438. The van der Waals surface area contributed by atoms with Gasteiger partial charge in [-0.05, 0) is 26.0 Å². The molecule has 1 aliphatic heterocycles.